The molecule has 2 aromatic rings. The van der Waals surface area contributed by atoms with E-state index < -0.39 is 0 Å². The summed E-state index contributed by atoms with van der Waals surface area (Å²) in [5.74, 6) is 0.441. The fourth-order valence-electron chi connectivity index (χ4n) is 2.58. The molecule has 5 heteroatoms. The molecule has 0 aliphatic heterocycles. The molecule has 0 aliphatic carbocycles. The second-order valence-electron chi connectivity index (χ2n) is 6.03. The quantitative estimate of drug-likeness (QED) is 0.677. The van der Waals surface area contributed by atoms with E-state index in [1.165, 1.54) is 0 Å². The first-order valence-corrected chi connectivity index (χ1v) is 8.94. The van der Waals surface area contributed by atoms with Crippen molar-refractivity contribution in [3.05, 3.63) is 65.2 Å². The fourth-order valence-corrected chi connectivity index (χ4v) is 2.58. The summed E-state index contributed by atoms with van der Waals surface area (Å²) in [6.45, 7) is 3.18. The van der Waals surface area contributed by atoms with Crippen LogP contribution in [0.15, 0.2) is 48.5 Å². The van der Waals surface area contributed by atoms with Crippen molar-refractivity contribution >= 4 is 11.8 Å². The lowest BCUT2D eigenvalue weighted by Crippen LogP contribution is -2.25. The topological polar surface area (TPSA) is 67.4 Å². The minimum Gasteiger partial charge on any atom is -0.496 e. The van der Waals surface area contributed by atoms with Crippen molar-refractivity contribution in [2.75, 3.05) is 13.7 Å². The number of carbonyl (C=O) groups is 2. The number of rotatable bonds is 9. The average molecular weight is 354 g/mol. The van der Waals surface area contributed by atoms with Gasteiger partial charge in [0.2, 0.25) is 0 Å². The second kappa shape index (κ2) is 10.2. The molecule has 26 heavy (non-hydrogen) atoms. The Balaban J connectivity index is 1.89. The Morgan fingerprint density at radius 1 is 0.885 bits per heavy atom. The Morgan fingerprint density at radius 2 is 1.50 bits per heavy atom. The van der Waals surface area contributed by atoms with Crippen LogP contribution in [0, 0.1) is 0 Å². The first-order valence-electron chi connectivity index (χ1n) is 8.94. The SMILES string of the molecule is CCCCCNC(=O)c1ccc(C(=O)NCc2ccccc2OC)cc1. The highest BCUT2D eigenvalue weighted by atomic mass is 16.5. The zero-order valence-corrected chi connectivity index (χ0v) is 15.4. The van der Waals surface area contributed by atoms with Gasteiger partial charge in [0.15, 0.2) is 0 Å². The number of methoxy groups -OCH3 is 1. The highest BCUT2D eigenvalue weighted by Gasteiger charge is 2.09. The van der Waals surface area contributed by atoms with Crippen LogP contribution in [0.3, 0.4) is 0 Å². The minimum absolute atomic E-state index is 0.109. The summed E-state index contributed by atoms with van der Waals surface area (Å²) < 4.78 is 5.28. The molecule has 0 saturated heterocycles. The van der Waals surface area contributed by atoms with Crippen molar-refractivity contribution in [1.82, 2.24) is 10.6 Å². The number of ether oxygens (including phenoxy) is 1. The van der Waals surface area contributed by atoms with Gasteiger partial charge in [0.1, 0.15) is 5.75 Å². The first-order chi connectivity index (χ1) is 12.7. The van der Waals surface area contributed by atoms with Crippen LogP contribution >= 0.6 is 0 Å². The molecule has 0 radical (unpaired) electrons. The van der Waals surface area contributed by atoms with Crippen LogP contribution in [0.4, 0.5) is 0 Å². The summed E-state index contributed by atoms with van der Waals surface area (Å²) in [5, 5.41) is 5.76. The Kier molecular flexibility index (Phi) is 7.68. The smallest absolute Gasteiger partial charge is 0.251 e. The van der Waals surface area contributed by atoms with Crippen LogP contribution in [0.2, 0.25) is 0 Å². The lowest BCUT2D eigenvalue weighted by atomic mass is 10.1. The number of nitrogens with one attached hydrogen (secondary N) is 2. The molecule has 2 N–H and O–H groups in total. The second-order valence-corrected chi connectivity index (χ2v) is 6.03. The van der Waals surface area contributed by atoms with Gasteiger partial charge in [-0.2, -0.15) is 0 Å². The number of amides is 2. The maximum atomic E-state index is 12.3. The molecule has 0 bridgehead atoms. The summed E-state index contributed by atoms with van der Waals surface area (Å²) in [5.41, 5.74) is 1.98. The first kappa shape index (κ1) is 19.5. The number of unbranched alkanes of at least 4 members (excludes halogenated alkanes) is 2. The Morgan fingerprint density at radius 3 is 2.12 bits per heavy atom. The number of hydrogen-bond acceptors (Lipinski definition) is 3. The van der Waals surface area contributed by atoms with Gasteiger partial charge in [0.05, 0.1) is 7.11 Å². The van der Waals surface area contributed by atoms with Gasteiger partial charge >= 0.3 is 0 Å². The standard InChI is InChI=1S/C21H26N2O3/c1-3-4-7-14-22-20(24)16-10-12-17(13-11-16)21(25)23-15-18-8-5-6-9-19(18)26-2/h5-6,8-13H,3-4,7,14-15H2,1-2H3,(H,22,24)(H,23,25). The zero-order valence-electron chi connectivity index (χ0n) is 15.4. The largest absolute Gasteiger partial charge is 0.496 e. The van der Waals surface area contributed by atoms with Crippen LogP contribution in [0.1, 0.15) is 52.5 Å². The molecule has 0 spiro atoms. The van der Waals surface area contributed by atoms with E-state index in [1.54, 1.807) is 31.4 Å². The molecule has 138 valence electrons. The van der Waals surface area contributed by atoms with Crippen molar-refractivity contribution in [2.45, 2.75) is 32.7 Å². The number of benzene rings is 2. The number of para-hydroxylation sites is 1. The molecule has 0 aromatic heterocycles. The molecule has 0 fully saturated rings. The van der Waals surface area contributed by atoms with Crippen molar-refractivity contribution in [2.24, 2.45) is 0 Å². The van der Waals surface area contributed by atoms with Crippen LogP contribution < -0.4 is 15.4 Å². The van der Waals surface area contributed by atoms with Crippen LogP contribution in [-0.2, 0) is 6.54 Å². The van der Waals surface area contributed by atoms with E-state index >= 15 is 0 Å². The molecule has 0 unspecified atom stereocenters. The van der Waals surface area contributed by atoms with E-state index in [0.29, 0.717) is 24.2 Å². The minimum atomic E-state index is -0.189. The normalized spacial score (nSPS) is 10.2. The third-order valence-corrected chi connectivity index (χ3v) is 4.11. The van der Waals surface area contributed by atoms with Crippen LogP contribution in [0.25, 0.3) is 0 Å². The van der Waals surface area contributed by atoms with Crippen molar-refractivity contribution in [3.8, 4) is 5.75 Å². The van der Waals surface area contributed by atoms with Gasteiger partial charge < -0.3 is 15.4 Å². The maximum Gasteiger partial charge on any atom is 0.251 e. The van der Waals surface area contributed by atoms with Crippen molar-refractivity contribution < 1.29 is 14.3 Å². The number of hydrogen-bond donors (Lipinski definition) is 2. The summed E-state index contributed by atoms with van der Waals surface area (Å²) in [4.78, 5) is 24.3. The third kappa shape index (κ3) is 5.62. The van der Waals surface area contributed by atoms with Gasteiger partial charge in [-0.3, -0.25) is 9.59 Å². The van der Waals surface area contributed by atoms with Gasteiger partial charge in [-0.15, -0.1) is 0 Å². The molecule has 5 nitrogen and oxygen atoms in total. The molecular weight excluding hydrogens is 328 g/mol. The lowest BCUT2D eigenvalue weighted by molar-refractivity contribution is 0.0940. The van der Waals surface area contributed by atoms with Gasteiger partial charge in [0, 0.05) is 29.8 Å². The summed E-state index contributed by atoms with van der Waals surface area (Å²) in [6, 6.07) is 14.2. The Labute approximate surface area is 154 Å². The molecular formula is C21H26N2O3. The lowest BCUT2D eigenvalue weighted by Gasteiger charge is -2.10. The molecule has 0 saturated carbocycles. The summed E-state index contributed by atoms with van der Waals surface area (Å²) in [6.07, 6.45) is 3.20. The molecule has 2 amide bonds. The highest BCUT2D eigenvalue weighted by Crippen LogP contribution is 2.17. The highest BCUT2D eigenvalue weighted by molar-refractivity contribution is 5.97. The van der Waals surface area contributed by atoms with E-state index in [2.05, 4.69) is 17.6 Å². The van der Waals surface area contributed by atoms with Gasteiger partial charge in [-0.05, 0) is 36.8 Å². The predicted octanol–water partition coefficient (Wildman–Crippen LogP) is 3.55. The van der Waals surface area contributed by atoms with Crippen molar-refractivity contribution in [3.63, 3.8) is 0 Å². The van der Waals surface area contributed by atoms with Crippen LogP contribution in [0.5, 0.6) is 5.75 Å². The zero-order chi connectivity index (χ0) is 18.8. The summed E-state index contributed by atoms with van der Waals surface area (Å²) >= 11 is 0. The van der Waals surface area contributed by atoms with E-state index in [9.17, 15) is 9.59 Å². The monoisotopic (exact) mass is 354 g/mol. The molecule has 0 heterocycles. The van der Waals surface area contributed by atoms with Crippen molar-refractivity contribution in [1.29, 1.82) is 0 Å². The van der Waals surface area contributed by atoms with Gasteiger partial charge in [-0.1, -0.05) is 38.0 Å². The van der Waals surface area contributed by atoms with E-state index in [4.69, 9.17) is 4.74 Å². The molecule has 0 atom stereocenters. The summed E-state index contributed by atoms with van der Waals surface area (Å²) in [7, 11) is 1.60. The third-order valence-electron chi connectivity index (χ3n) is 4.11. The Hall–Kier alpha value is -2.82. The average Bonchev–Trinajstić information content (AvgIpc) is 2.69. The fraction of sp³-hybridized carbons (Fsp3) is 0.333. The van der Waals surface area contributed by atoms with Gasteiger partial charge in [-0.25, -0.2) is 0 Å². The van der Waals surface area contributed by atoms with E-state index in [-0.39, 0.29) is 11.8 Å². The molecule has 2 rings (SSSR count). The molecule has 0 aliphatic rings. The predicted molar refractivity (Wildman–Crippen MR) is 102 cm³/mol. The Bertz CT molecular complexity index is 726. The van der Waals surface area contributed by atoms with Crippen LogP contribution in [-0.4, -0.2) is 25.5 Å². The molecule has 2 aromatic carbocycles. The van der Waals surface area contributed by atoms with E-state index in [1.807, 2.05) is 24.3 Å². The van der Waals surface area contributed by atoms with E-state index in [0.717, 1.165) is 30.6 Å². The maximum absolute atomic E-state index is 12.3. The number of carbonyl (C=O) groups excluding carboxylic acids is 2. The van der Waals surface area contributed by atoms with Gasteiger partial charge in [0.25, 0.3) is 11.8 Å².